The van der Waals surface area contributed by atoms with Crippen molar-refractivity contribution in [1.29, 1.82) is 0 Å². The van der Waals surface area contributed by atoms with Crippen LogP contribution in [0.15, 0.2) is 18.2 Å². The molecule has 0 unspecified atom stereocenters. The largest absolute Gasteiger partial charge is 0.491 e. The van der Waals surface area contributed by atoms with Gasteiger partial charge in [-0.1, -0.05) is 54.0 Å². The molecule has 0 heterocycles. The van der Waals surface area contributed by atoms with Gasteiger partial charge in [0, 0.05) is 0 Å². The van der Waals surface area contributed by atoms with Gasteiger partial charge >= 0.3 is 11.9 Å². The molecule has 0 fully saturated rings. The molecule has 1 aromatic rings. The van der Waals surface area contributed by atoms with E-state index in [0.717, 1.165) is 24.8 Å². The topological polar surface area (TPSA) is 87.1 Å². The molecule has 0 spiro atoms. The summed E-state index contributed by atoms with van der Waals surface area (Å²) >= 11 is 0. The summed E-state index contributed by atoms with van der Waals surface area (Å²) in [6, 6.07) is 5.72. The fourth-order valence-corrected chi connectivity index (χ4v) is 3.61. The third kappa shape index (κ3) is 7.79. The van der Waals surface area contributed by atoms with E-state index in [2.05, 4.69) is 41.5 Å². The van der Waals surface area contributed by atoms with E-state index >= 15 is 0 Å². The summed E-state index contributed by atoms with van der Waals surface area (Å²) in [6.45, 7) is 12.6. The van der Waals surface area contributed by atoms with E-state index in [1.54, 1.807) is 0 Å². The number of carbonyl (C=O) groups is 2. The predicted molar refractivity (Wildman–Crippen MR) is 111 cm³/mol. The van der Waals surface area contributed by atoms with Crippen molar-refractivity contribution in [1.82, 2.24) is 0 Å². The maximum absolute atomic E-state index is 11.3. The van der Waals surface area contributed by atoms with Crippen molar-refractivity contribution in [2.45, 2.75) is 66.2 Å². The molecule has 2 N–H and O–H groups in total. The highest BCUT2D eigenvalue weighted by Gasteiger charge is 2.29. The first kappa shape index (κ1) is 23.8. The Bertz CT molecular complexity index is 660. The lowest BCUT2D eigenvalue weighted by Crippen LogP contribution is -2.35. The quantitative estimate of drug-likeness (QED) is 0.536. The number of anilines is 1. The van der Waals surface area contributed by atoms with Crippen LogP contribution in [0.4, 0.5) is 5.69 Å². The molecule has 0 aliphatic carbocycles. The van der Waals surface area contributed by atoms with Crippen molar-refractivity contribution in [3.05, 3.63) is 23.8 Å². The zero-order chi connectivity index (χ0) is 21.5. The Kier molecular flexibility index (Phi) is 8.33. The van der Waals surface area contributed by atoms with E-state index in [0.29, 0.717) is 18.0 Å². The van der Waals surface area contributed by atoms with Crippen LogP contribution >= 0.6 is 0 Å². The Balaban J connectivity index is 3.39. The summed E-state index contributed by atoms with van der Waals surface area (Å²) in [5, 5.41) is 18.5. The van der Waals surface area contributed by atoms with Gasteiger partial charge in [0.15, 0.2) is 0 Å². The van der Waals surface area contributed by atoms with E-state index in [1.165, 1.54) is 4.90 Å². The minimum atomic E-state index is -1.08. The molecule has 1 aromatic carbocycles. The van der Waals surface area contributed by atoms with Crippen LogP contribution in [-0.2, 0) is 15.0 Å². The number of carboxylic acids is 2. The third-order valence-electron chi connectivity index (χ3n) is 4.46. The molecule has 0 bridgehead atoms. The molecule has 0 amide bonds. The van der Waals surface area contributed by atoms with Crippen LogP contribution in [0.2, 0.25) is 0 Å². The molecule has 0 saturated carbocycles. The maximum atomic E-state index is 11.3. The average Bonchev–Trinajstić information content (AvgIpc) is 2.51. The Labute approximate surface area is 168 Å². The number of hydrogen-bond acceptors (Lipinski definition) is 4. The number of ether oxygens (including phenoxy) is 1. The Hall–Kier alpha value is -2.24. The second-order valence-electron chi connectivity index (χ2n) is 9.15. The van der Waals surface area contributed by atoms with Crippen LogP contribution in [0.1, 0.15) is 66.4 Å². The molecule has 6 heteroatoms. The van der Waals surface area contributed by atoms with Gasteiger partial charge < -0.3 is 19.8 Å². The van der Waals surface area contributed by atoms with E-state index in [4.69, 9.17) is 4.74 Å². The lowest BCUT2D eigenvalue weighted by atomic mass is 9.72. The molecule has 28 heavy (non-hydrogen) atoms. The highest BCUT2D eigenvalue weighted by Crippen LogP contribution is 2.40. The van der Waals surface area contributed by atoms with Crippen LogP contribution in [0.3, 0.4) is 0 Å². The van der Waals surface area contributed by atoms with E-state index in [1.807, 2.05) is 18.2 Å². The van der Waals surface area contributed by atoms with Crippen LogP contribution in [0.25, 0.3) is 0 Å². The molecular formula is C22H35NO5. The molecule has 0 atom stereocenters. The number of carboxylic acid groups (broad SMARTS) is 2. The van der Waals surface area contributed by atoms with Gasteiger partial charge in [0.2, 0.25) is 0 Å². The number of hydrogen-bond donors (Lipinski definition) is 2. The Morgan fingerprint density at radius 3 is 2.07 bits per heavy atom. The van der Waals surface area contributed by atoms with Crippen molar-refractivity contribution in [3.63, 3.8) is 0 Å². The van der Waals surface area contributed by atoms with Gasteiger partial charge in [-0.25, -0.2) is 0 Å². The summed E-state index contributed by atoms with van der Waals surface area (Å²) in [7, 11) is 0. The summed E-state index contributed by atoms with van der Waals surface area (Å²) in [5.74, 6) is -1.65. The van der Waals surface area contributed by atoms with Gasteiger partial charge in [0.05, 0.1) is 12.3 Å². The van der Waals surface area contributed by atoms with E-state index in [-0.39, 0.29) is 10.8 Å². The monoisotopic (exact) mass is 393 g/mol. The molecule has 6 nitrogen and oxygen atoms in total. The molecule has 1 rings (SSSR count). The van der Waals surface area contributed by atoms with Crippen molar-refractivity contribution >= 4 is 17.6 Å². The standard InChI is InChI=1S/C22H35NO5/c1-7-8-11-28-18-10-9-16(22(5,6)15-21(2,3)4)12-17(18)23(13-19(24)25)14-20(26)27/h9-10,12H,7-8,11,13-15H2,1-6H3,(H,24,25)(H,26,27). The molecule has 158 valence electrons. The minimum absolute atomic E-state index is 0.113. The number of benzene rings is 1. The zero-order valence-corrected chi connectivity index (χ0v) is 18.0. The predicted octanol–water partition coefficient (Wildman–Crippen LogP) is 4.55. The van der Waals surface area contributed by atoms with Crippen molar-refractivity contribution < 1.29 is 24.5 Å². The second kappa shape index (κ2) is 9.80. The summed E-state index contributed by atoms with van der Waals surface area (Å²) in [4.78, 5) is 24.0. The van der Waals surface area contributed by atoms with Crippen LogP contribution in [0.5, 0.6) is 5.75 Å². The van der Waals surface area contributed by atoms with Crippen molar-refractivity contribution in [2.75, 3.05) is 24.6 Å². The summed E-state index contributed by atoms with van der Waals surface area (Å²) in [6.07, 6.45) is 2.77. The van der Waals surface area contributed by atoms with Crippen molar-refractivity contribution in [3.8, 4) is 5.75 Å². The van der Waals surface area contributed by atoms with Gasteiger partial charge in [-0.05, 0) is 41.4 Å². The highest BCUT2D eigenvalue weighted by molar-refractivity contribution is 5.81. The molecule has 0 aliphatic rings. The fraction of sp³-hybridized carbons (Fsp3) is 0.636. The van der Waals surface area contributed by atoms with Crippen LogP contribution in [0, 0.1) is 5.41 Å². The molecule has 0 saturated heterocycles. The minimum Gasteiger partial charge on any atom is -0.491 e. The Morgan fingerprint density at radius 2 is 1.61 bits per heavy atom. The third-order valence-corrected chi connectivity index (χ3v) is 4.46. The number of unbranched alkanes of at least 4 members (excludes halogenated alkanes) is 1. The average molecular weight is 394 g/mol. The lowest BCUT2D eigenvalue weighted by Gasteiger charge is -2.34. The number of nitrogens with zero attached hydrogens (tertiary/aromatic N) is 1. The van der Waals surface area contributed by atoms with Gasteiger partial charge in [-0.2, -0.15) is 0 Å². The van der Waals surface area contributed by atoms with Gasteiger partial charge in [-0.3, -0.25) is 9.59 Å². The molecule has 0 aliphatic heterocycles. The van der Waals surface area contributed by atoms with Crippen LogP contribution in [-0.4, -0.2) is 41.8 Å². The summed E-state index contributed by atoms with van der Waals surface area (Å²) in [5.41, 5.74) is 1.50. The first-order chi connectivity index (χ1) is 12.9. The van der Waals surface area contributed by atoms with E-state index in [9.17, 15) is 19.8 Å². The first-order valence-corrected chi connectivity index (χ1v) is 9.81. The first-order valence-electron chi connectivity index (χ1n) is 9.81. The highest BCUT2D eigenvalue weighted by atomic mass is 16.5. The van der Waals surface area contributed by atoms with Crippen LogP contribution < -0.4 is 9.64 Å². The number of aliphatic carboxylic acids is 2. The van der Waals surface area contributed by atoms with Crippen molar-refractivity contribution in [2.24, 2.45) is 5.41 Å². The molecule has 0 aromatic heterocycles. The van der Waals surface area contributed by atoms with Gasteiger partial charge in [-0.15, -0.1) is 0 Å². The zero-order valence-electron chi connectivity index (χ0n) is 18.0. The molecular weight excluding hydrogens is 358 g/mol. The SMILES string of the molecule is CCCCOc1ccc(C(C)(C)CC(C)(C)C)cc1N(CC(=O)O)CC(=O)O. The molecule has 0 radical (unpaired) electrons. The van der Waals surface area contributed by atoms with E-state index < -0.39 is 25.0 Å². The smallest absolute Gasteiger partial charge is 0.323 e. The summed E-state index contributed by atoms with van der Waals surface area (Å²) < 4.78 is 5.86. The second-order valence-corrected chi connectivity index (χ2v) is 9.15. The lowest BCUT2D eigenvalue weighted by molar-refractivity contribution is -0.136. The normalized spacial score (nSPS) is 11.9. The number of rotatable bonds is 11. The fourth-order valence-electron chi connectivity index (χ4n) is 3.61. The maximum Gasteiger partial charge on any atom is 0.323 e. The van der Waals surface area contributed by atoms with Gasteiger partial charge in [0.25, 0.3) is 0 Å². The Morgan fingerprint density at radius 1 is 1.04 bits per heavy atom. The van der Waals surface area contributed by atoms with Gasteiger partial charge in [0.1, 0.15) is 18.8 Å².